The average molecular weight is 377 g/mol. The maximum atomic E-state index is 12.1. The van der Waals surface area contributed by atoms with Crippen LogP contribution in [-0.2, 0) is 20.9 Å². The third-order valence-corrected chi connectivity index (χ3v) is 4.41. The summed E-state index contributed by atoms with van der Waals surface area (Å²) in [5.74, 6) is -0.209. The van der Waals surface area contributed by atoms with Gasteiger partial charge in [0.05, 0.1) is 29.9 Å². The van der Waals surface area contributed by atoms with Crippen molar-refractivity contribution in [2.24, 2.45) is 0 Å². The maximum Gasteiger partial charge on any atom is 0.307 e. The topological polar surface area (TPSA) is 58.6 Å². The Kier molecular flexibility index (Phi) is 8.56. The van der Waals surface area contributed by atoms with Gasteiger partial charge in [-0.1, -0.05) is 0 Å². The molecule has 0 saturated carbocycles. The van der Waals surface area contributed by atoms with Gasteiger partial charge in [-0.05, 0) is 41.9 Å². The SMILES string of the molecule is CCOC(=O)CCNCC(=O)N(CC)Cc1ccc(Br)s1. The number of thiophene rings is 1. The molecule has 1 amide bonds. The molecular formula is C14H21BrN2O3S. The minimum absolute atomic E-state index is 0.0332. The number of hydrogen-bond donors (Lipinski definition) is 1. The molecular weight excluding hydrogens is 356 g/mol. The second-order valence-electron chi connectivity index (χ2n) is 4.35. The van der Waals surface area contributed by atoms with Gasteiger partial charge in [0.15, 0.2) is 0 Å². The molecule has 118 valence electrons. The lowest BCUT2D eigenvalue weighted by molar-refractivity contribution is -0.143. The predicted octanol–water partition coefficient (Wildman–Crippen LogP) is 2.40. The fraction of sp³-hybridized carbons (Fsp3) is 0.571. The van der Waals surface area contributed by atoms with E-state index in [9.17, 15) is 9.59 Å². The zero-order chi connectivity index (χ0) is 15.7. The fourth-order valence-corrected chi connectivity index (χ4v) is 3.23. The molecule has 21 heavy (non-hydrogen) atoms. The van der Waals surface area contributed by atoms with E-state index in [0.29, 0.717) is 26.2 Å². The Hall–Kier alpha value is -0.920. The van der Waals surface area contributed by atoms with Gasteiger partial charge in [-0.2, -0.15) is 0 Å². The first-order valence-electron chi connectivity index (χ1n) is 6.95. The minimum atomic E-state index is -0.242. The summed E-state index contributed by atoms with van der Waals surface area (Å²) >= 11 is 5.05. The Morgan fingerprint density at radius 1 is 1.38 bits per heavy atom. The molecule has 1 heterocycles. The Morgan fingerprint density at radius 3 is 2.71 bits per heavy atom. The molecule has 0 atom stereocenters. The van der Waals surface area contributed by atoms with Crippen LogP contribution in [0, 0.1) is 0 Å². The van der Waals surface area contributed by atoms with Crippen LogP contribution in [0.2, 0.25) is 0 Å². The highest BCUT2D eigenvalue weighted by atomic mass is 79.9. The van der Waals surface area contributed by atoms with Crippen LogP contribution in [0.1, 0.15) is 25.1 Å². The molecule has 7 heteroatoms. The van der Waals surface area contributed by atoms with Gasteiger partial charge in [-0.3, -0.25) is 9.59 Å². The number of hydrogen-bond acceptors (Lipinski definition) is 5. The summed E-state index contributed by atoms with van der Waals surface area (Å²) < 4.78 is 5.89. The summed E-state index contributed by atoms with van der Waals surface area (Å²) in [6, 6.07) is 3.99. The lowest BCUT2D eigenvalue weighted by atomic mass is 10.3. The van der Waals surface area contributed by atoms with Crippen LogP contribution in [0.25, 0.3) is 0 Å². The number of esters is 1. The van der Waals surface area contributed by atoms with E-state index in [-0.39, 0.29) is 24.8 Å². The largest absolute Gasteiger partial charge is 0.466 e. The first-order valence-corrected chi connectivity index (χ1v) is 8.56. The number of likely N-dealkylation sites (N-methyl/N-ethyl adjacent to an activating group) is 1. The quantitative estimate of drug-likeness (QED) is 0.530. The molecule has 0 aliphatic rings. The summed E-state index contributed by atoms with van der Waals surface area (Å²) in [6.45, 7) is 6.08. The van der Waals surface area contributed by atoms with Crippen LogP contribution in [0.3, 0.4) is 0 Å². The van der Waals surface area contributed by atoms with Crippen molar-refractivity contribution >= 4 is 39.1 Å². The normalized spacial score (nSPS) is 10.4. The first-order chi connectivity index (χ1) is 10.1. The summed E-state index contributed by atoms with van der Waals surface area (Å²) in [6.07, 6.45) is 0.283. The van der Waals surface area contributed by atoms with E-state index in [0.717, 1.165) is 8.66 Å². The van der Waals surface area contributed by atoms with Gasteiger partial charge >= 0.3 is 5.97 Å². The number of amides is 1. The maximum absolute atomic E-state index is 12.1. The average Bonchev–Trinajstić information content (AvgIpc) is 2.86. The van der Waals surface area contributed by atoms with Crippen molar-refractivity contribution in [3.05, 3.63) is 20.8 Å². The summed E-state index contributed by atoms with van der Waals surface area (Å²) in [5.41, 5.74) is 0. The van der Waals surface area contributed by atoms with E-state index < -0.39 is 0 Å². The smallest absolute Gasteiger partial charge is 0.307 e. The molecule has 0 fully saturated rings. The van der Waals surface area contributed by atoms with E-state index in [4.69, 9.17) is 4.74 Å². The Bertz CT molecular complexity index is 465. The van der Waals surface area contributed by atoms with Crippen LogP contribution in [-0.4, -0.2) is 43.0 Å². The monoisotopic (exact) mass is 376 g/mol. The van der Waals surface area contributed by atoms with Crippen molar-refractivity contribution < 1.29 is 14.3 Å². The number of nitrogens with one attached hydrogen (secondary N) is 1. The third kappa shape index (κ3) is 7.06. The Morgan fingerprint density at radius 2 is 2.14 bits per heavy atom. The molecule has 0 aliphatic carbocycles. The van der Waals surface area contributed by atoms with E-state index in [1.54, 1.807) is 23.2 Å². The van der Waals surface area contributed by atoms with Gasteiger partial charge < -0.3 is 15.0 Å². The van der Waals surface area contributed by atoms with Gasteiger partial charge in [-0.25, -0.2) is 0 Å². The van der Waals surface area contributed by atoms with Crippen molar-refractivity contribution in [3.63, 3.8) is 0 Å². The number of carbonyl (C=O) groups excluding carboxylic acids is 2. The highest BCUT2D eigenvalue weighted by molar-refractivity contribution is 9.11. The molecule has 1 aromatic rings. The molecule has 0 aromatic carbocycles. The zero-order valence-corrected chi connectivity index (χ0v) is 14.8. The number of rotatable bonds is 9. The van der Waals surface area contributed by atoms with Crippen LogP contribution in [0.4, 0.5) is 0 Å². The van der Waals surface area contributed by atoms with Crippen molar-refractivity contribution in [1.82, 2.24) is 10.2 Å². The second kappa shape index (κ2) is 9.92. The van der Waals surface area contributed by atoms with Crippen molar-refractivity contribution in [3.8, 4) is 0 Å². The first kappa shape index (κ1) is 18.1. The van der Waals surface area contributed by atoms with E-state index in [1.165, 1.54) is 0 Å². The Labute approximate surface area is 137 Å². The van der Waals surface area contributed by atoms with E-state index in [1.807, 2.05) is 19.1 Å². The summed E-state index contributed by atoms with van der Waals surface area (Å²) in [4.78, 5) is 26.2. The lowest BCUT2D eigenvalue weighted by Gasteiger charge is -2.20. The molecule has 0 bridgehead atoms. The van der Waals surface area contributed by atoms with E-state index in [2.05, 4.69) is 21.2 Å². The van der Waals surface area contributed by atoms with Crippen LogP contribution in [0.5, 0.6) is 0 Å². The van der Waals surface area contributed by atoms with Gasteiger partial charge in [-0.15, -0.1) is 11.3 Å². The molecule has 0 spiro atoms. The van der Waals surface area contributed by atoms with Crippen LogP contribution in [0.15, 0.2) is 15.9 Å². The second-order valence-corrected chi connectivity index (χ2v) is 6.89. The molecule has 0 radical (unpaired) electrons. The van der Waals surface area contributed by atoms with E-state index >= 15 is 0 Å². The highest BCUT2D eigenvalue weighted by Crippen LogP contribution is 2.23. The molecule has 5 nitrogen and oxygen atoms in total. The molecule has 1 N–H and O–H groups in total. The lowest BCUT2D eigenvalue weighted by Crippen LogP contribution is -2.38. The number of ether oxygens (including phenoxy) is 1. The number of halogens is 1. The molecule has 0 unspecified atom stereocenters. The van der Waals surface area contributed by atoms with Crippen LogP contribution < -0.4 is 5.32 Å². The summed E-state index contributed by atoms with van der Waals surface area (Å²) in [7, 11) is 0. The fourth-order valence-electron chi connectivity index (χ4n) is 1.73. The predicted molar refractivity (Wildman–Crippen MR) is 87.2 cm³/mol. The van der Waals surface area contributed by atoms with Gasteiger partial charge in [0.25, 0.3) is 0 Å². The third-order valence-electron chi connectivity index (χ3n) is 2.80. The van der Waals surface area contributed by atoms with Gasteiger partial charge in [0.2, 0.25) is 5.91 Å². The Balaban J connectivity index is 2.30. The van der Waals surface area contributed by atoms with Crippen molar-refractivity contribution in [2.45, 2.75) is 26.8 Å². The zero-order valence-electron chi connectivity index (χ0n) is 12.4. The van der Waals surface area contributed by atoms with Gasteiger partial charge in [0, 0.05) is 18.0 Å². The minimum Gasteiger partial charge on any atom is -0.466 e. The van der Waals surface area contributed by atoms with Crippen LogP contribution >= 0.6 is 27.3 Å². The van der Waals surface area contributed by atoms with Crippen molar-refractivity contribution in [2.75, 3.05) is 26.2 Å². The van der Waals surface area contributed by atoms with Crippen molar-refractivity contribution in [1.29, 1.82) is 0 Å². The molecule has 1 aromatic heterocycles. The molecule has 0 aliphatic heterocycles. The number of carbonyl (C=O) groups is 2. The van der Waals surface area contributed by atoms with Gasteiger partial charge in [0.1, 0.15) is 0 Å². The number of nitrogens with zero attached hydrogens (tertiary/aromatic N) is 1. The highest BCUT2D eigenvalue weighted by Gasteiger charge is 2.13. The summed E-state index contributed by atoms with van der Waals surface area (Å²) in [5, 5.41) is 2.98. The standard InChI is InChI=1S/C14H21BrN2O3S/c1-3-17(10-11-5-6-12(15)21-11)13(18)9-16-8-7-14(19)20-4-2/h5-6,16H,3-4,7-10H2,1-2H3. The molecule has 1 rings (SSSR count). The molecule has 0 saturated heterocycles.